The Morgan fingerprint density at radius 1 is 0.913 bits per heavy atom. The molecule has 1 saturated heterocycles. The molecule has 2 unspecified atom stereocenters. The number of aromatic hydroxyl groups is 1. The zero-order valence-corrected chi connectivity index (χ0v) is 12.9. The predicted octanol–water partition coefficient (Wildman–Crippen LogP) is 4.24. The highest BCUT2D eigenvalue weighted by Crippen LogP contribution is 2.44. The zero-order chi connectivity index (χ0) is 16.0. The third-order valence-corrected chi connectivity index (χ3v) is 4.71. The van der Waals surface area contributed by atoms with E-state index in [4.69, 9.17) is 11.6 Å². The summed E-state index contributed by atoms with van der Waals surface area (Å²) in [4.78, 5) is 14.1. The average molecular weight is 324 g/mol. The summed E-state index contributed by atoms with van der Waals surface area (Å²) < 4.78 is 0. The van der Waals surface area contributed by atoms with Crippen LogP contribution in [0.4, 0.5) is 5.69 Å². The molecule has 0 saturated carbocycles. The Kier molecular flexibility index (Phi) is 3.24. The van der Waals surface area contributed by atoms with Crippen LogP contribution in [0, 0.1) is 0 Å². The molecule has 3 aromatic rings. The summed E-state index contributed by atoms with van der Waals surface area (Å²) in [5.41, 5.74) is 1.78. The Hall–Kier alpha value is -2.52. The van der Waals surface area contributed by atoms with Crippen LogP contribution >= 0.6 is 11.6 Å². The molecule has 2 atom stereocenters. The Morgan fingerprint density at radius 2 is 1.61 bits per heavy atom. The SMILES string of the molecule is O=C1C(Cl)C(c2ccc(O)cc2)N1c1cccc2ccccc12. The van der Waals surface area contributed by atoms with Crippen LogP contribution in [0.25, 0.3) is 10.8 Å². The van der Waals surface area contributed by atoms with Crippen LogP contribution in [0.1, 0.15) is 11.6 Å². The van der Waals surface area contributed by atoms with Gasteiger partial charge in [0.05, 0.1) is 11.7 Å². The fraction of sp³-hybridized carbons (Fsp3) is 0.105. The highest BCUT2D eigenvalue weighted by atomic mass is 35.5. The molecule has 4 rings (SSSR count). The molecule has 1 heterocycles. The molecule has 0 aliphatic carbocycles. The third kappa shape index (κ3) is 2.16. The van der Waals surface area contributed by atoms with Gasteiger partial charge in [-0.3, -0.25) is 4.79 Å². The van der Waals surface area contributed by atoms with E-state index < -0.39 is 5.38 Å². The summed E-state index contributed by atoms with van der Waals surface area (Å²) in [6.07, 6.45) is 0. The number of rotatable bonds is 2. The number of alkyl halides is 1. The lowest BCUT2D eigenvalue weighted by atomic mass is 9.91. The molecule has 0 bridgehead atoms. The molecular weight excluding hydrogens is 310 g/mol. The molecule has 0 spiro atoms. The molecule has 1 N–H and O–H groups in total. The second-order valence-electron chi connectivity index (χ2n) is 5.64. The average Bonchev–Trinajstić information content (AvgIpc) is 2.59. The Morgan fingerprint density at radius 3 is 2.39 bits per heavy atom. The third-order valence-electron chi connectivity index (χ3n) is 4.29. The first-order chi connectivity index (χ1) is 11.2. The van der Waals surface area contributed by atoms with Gasteiger partial charge in [-0.1, -0.05) is 48.5 Å². The van der Waals surface area contributed by atoms with E-state index in [1.807, 2.05) is 42.5 Å². The molecule has 1 aliphatic rings. The van der Waals surface area contributed by atoms with E-state index in [0.29, 0.717) is 0 Å². The topological polar surface area (TPSA) is 40.5 Å². The van der Waals surface area contributed by atoms with Gasteiger partial charge in [0, 0.05) is 5.39 Å². The molecule has 23 heavy (non-hydrogen) atoms. The second kappa shape index (κ2) is 5.28. The van der Waals surface area contributed by atoms with E-state index in [1.165, 1.54) is 0 Å². The second-order valence-corrected chi connectivity index (χ2v) is 6.11. The van der Waals surface area contributed by atoms with Gasteiger partial charge in [-0.2, -0.15) is 0 Å². The van der Waals surface area contributed by atoms with Crippen molar-refractivity contribution in [2.45, 2.75) is 11.4 Å². The lowest BCUT2D eigenvalue weighted by Gasteiger charge is -2.45. The molecule has 1 fully saturated rings. The molecule has 1 amide bonds. The minimum atomic E-state index is -0.585. The quantitative estimate of drug-likeness (QED) is 0.566. The van der Waals surface area contributed by atoms with Crippen molar-refractivity contribution in [1.29, 1.82) is 0 Å². The molecule has 3 aromatic carbocycles. The van der Waals surface area contributed by atoms with Crippen LogP contribution in [-0.4, -0.2) is 16.4 Å². The van der Waals surface area contributed by atoms with Gasteiger partial charge < -0.3 is 10.0 Å². The normalized spacial score (nSPS) is 20.6. The van der Waals surface area contributed by atoms with Crippen LogP contribution in [0.3, 0.4) is 0 Å². The van der Waals surface area contributed by atoms with Crippen molar-refractivity contribution in [1.82, 2.24) is 0 Å². The minimum Gasteiger partial charge on any atom is -0.508 e. The summed E-state index contributed by atoms with van der Waals surface area (Å²) in [6.45, 7) is 0. The standard InChI is InChI=1S/C19H14ClNO2/c20-17-18(13-8-10-14(22)11-9-13)21(19(17)23)16-7-3-5-12-4-1-2-6-15(12)16/h1-11,17-18,22H. The largest absolute Gasteiger partial charge is 0.508 e. The van der Waals surface area contributed by atoms with Gasteiger partial charge in [0.1, 0.15) is 11.1 Å². The van der Waals surface area contributed by atoms with Crippen LogP contribution in [0.5, 0.6) is 5.75 Å². The van der Waals surface area contributed by atoms with Gasteiger partial charge in [0.25, 0.3) is 0 Å². The summed E-state index contributed by atoms with van der Waals surface area (Å²) in [5.74, 6) is 0.100. The van der Waals surface area contributed by atoms with Crippen molar-refractivity contribution in [3.63, 3.8) is 0 Å². The summed E-state index contributed by atoms with van der Waals surface area (Å²) in [6, 6.07) is 20.5. The summed E-state index contributed by atoms with van der Waals surface area (Å²) in [5, 5.41) is 11.0. The Balaban J connectivity index is 1.82. The number of hydrogen-bond donors (Lipinski definition) is 1. The van der Waals surface area contributed by atoms with E-state index in [2.05, 4.69) is 0 Å². The smallest absolute Gasteiger partial charge is 0.248 e. The number of β-lactam (4-membered cyclic amide) rings is 1. The first-order valence-corrected chi connectivity index (χ1v) is 7.84. The lowest BCUT2D eigenvalue weighted by molar-refractivity contribution is -0.123. The number of nitrogens with zero attached hydrogens (tertiary/aromatic N) is 1. The van der Waals surface area contributed by atoms with Crippen molar-refractivity contribution in [2.75, 3.05) is 4.90 Å². The van der Waals surface area contributed by atoms with E-state index in [1.54, 1.807) is 29.2 Å². The van der Waals surface area contributed by atoms with Crippen molar-refractivity contribution in [3.8, 4) is 5.75 Å². The van der Waals surface area contributed by atoms with E-state index in [9.17, 15) is 9.90 Å². The molecule has 3 nitrogen and oxygen atoms in total. The van der Waals surface area contributed by atoms with E-state index in [0.717, 1.165) is 22.0 Å². The highest BCUT2D eigenvalue weighted by Gasteiger charge is 2.48. The number of phenols is 1. The fourth-order valence-corrected chi connectivity index (χ4v) is 3.49. The number of benzene rings is 3. The minimum absolute atomic E-state index is 0.0962. The van der Waals surface area contributed by atoms with Crippen LogP contribution in [0.2, 0.25) is 0 Å². The fourth-order valence-electron chi connectivity index (χ4n) is 3.13. The summed E-state index contributed by atoms with van der Waals surface area (Å²) in [7, 11) is 0. The van der Waals surface area contributed by atoms with Crippen LogP contribution < -0.4 is 4.90 Å². The van der Waals surface area contributed by atoms with E-state index >= 15 is 0 Å². The maximum Gasteiger partial charge on any atom is 0.248 e. The Labute approximate surface area is 138 Å². The molecule has 0 radical (unpaired) electrons. The van der Waals surface area contributed by atoms with Gasteiger partial charge in [0.15, 0.2) is 0 Å². The Bertz CT molecular complexity index is 886. The van der Waals surface area contributed by atoms with E-state index in [-0.39, 0.29) is 17.7 Å². The number of carbonyl (C=O) groups is 1. The van der Waals surface area contributed by atoms with Crippen molar-refractivity contribution in [3.05, 3.63) is 72.3 Å². The zero-order valence-electron chi connectivity index (χ0n) is 12.2. The van der Waals surface area contributed by atoms with Gasteiger partial charge in [-0.25, -0.2) is 0 Å². The number of hydrogen-bond acceptors (Lipinski definition) is 2. The first kappa shape index (κ1) is 14.1. The van der Waals surface area contributed by atoms with Gasteiger partial charge in [-0.05, 0) is 29.1 Å². The lowest BCUT2D eigenvalue weighted by Crippen LogP contribution is -2.56. The van der Waals surface area contributed by atoms with Crippen LogP contribution in [-0.2, 0) is 4.79 Å². The first-order valence-electron chi connectivity index (χ1n) is 7.40. The summed E-state index contributed by atoms with van der Waals surface area (Å²) >= 11 is 6.28. The van der Waals surface area contributed by atoms with Crippen LogP contribution in [0.15, 0.2) is 66.7 Å². The number of halogens is 1. The molecule has 114 valence electrons. The predicted molar refractivity (Wildman–Crippen MR) is 91.9 cm³/mol. The molecule has 1 aliphatic heterocycles. The number of phenolic OH excluding ortho intramolecular Hbond substituents is 1. The number of anilines is 1. The number of amides is 1. The monoisotopic (exact) mass is 323 g/mol. The number of fused-ring (bicyclic) bond motifs is 1. The maximum atomic E-state index is 12.4. The van der Waals surface area contributed by atoms with Crippen molar-refractivity contribution >= 4 is 34.0 Å². The van der Waals surface area contributed by atoms with Gasteiger partial charge >= 0.3 is 0 Å². The molecule has 0 aromatic heterocycles. The van der Waals surface area contributed by atoms with Crippen molar-refractivity contribution < 1.29 is 9.90 Å². The van der Waals surface area contributed by atoms with Gasteiger partial charge in [-0.15, -0.1) is 11.6 Å². The maximum absolute atomic E-state index is 12.4. The highest BCUT2D eigenvalue weighted by molar-refractivity contribution is 6.37. The molecule has 4 heteroatoms. The number of carbonyl (C=O) groups excluding carboxylic acids is 1. The molecular formula is C19H14ClNO2. The van der Waals surface area contributed by atoms with Gasteiger partial charge in [0.2, 0.25) is 5.91 Å². The van der Waals surface area contributed by atoms with Crippen molar-refractivity contribution in [2.24, 2.45) is 0 Å².